The van der Waals surface area contributed by atoms with Gasteiger partial charge in [-0.2, -0.15) is 0 Å². The van der Waals surface area contributed by atoms with Gasteiger partial charge in [0.2, 0.25) is 5.91 Å². The molecule has 3 atom stereocenters. The van der Waals surface area contributed by atoms with Crippen molar-refractivity contribution in [2.24, 2.45) is 11.8 Å². The van der Waals surface area contributed by atoms with Crippen LogP contribution in [0.15, 0.2) is 27.4 Å². The number of nitrogens with one attached hydrogen (secondary N) is 1. The highest BCUT2D eigenvalue weighted by Crippen LogP contribution is 2.29. The molecule has 2 aromatic rings. The van der Waals surface area contributed by atoms with E-state index in [0.29, 0.717) is 28.0 Å². The lowest BCUT2D eigenvalue weighted by atomic mass is 9.78. The highest BCUT2D eigenvalue weighted by molar-refractivity contribution is 6.31. The Morgan fingerprint density at radius 1 is 1.39 bits per heavy atom. The van der Waals surface area contributed by atoms with Crippen LogP contribution in [0.2, 0.25) is 5.02 Å². The van der Waals surface area contributed by atoms with Gasteiger partial charge in [0.1, 0.15) is 6.54 Å². The molecule has 3 rings (SSSR count). The number of rotatable bonds is 3. The van der Waals surface area contributed by atoms with Crippen LogP contribution in [0, 0.1) is 11.8 Å². The van der Waals surface area contributed by atoms with Crippen LogP contribution in [0.4, 0.5) is 0 Å². The maximum atomic E-state index is 12.4. The Labute approximate surface area is 139 Å². The number of carbonyl (C=O) groups is 1. The molecular formula is C17H21ClN2O3. The molecule has 124 valence electrons. The second kappa shape index (κ2) is 6.40. The molecule has 1 aliphatic rings. The van der Waals surface area contributed by atoms with E-state index >= 15 is 0 Å². The van der Waals surface area contributed by atoms with E-state index in [-0.39, 0.29) is 18.5 Å². The molecule has 1 N–H and O–H groups in total. The van der Waals surface area contributed by atoms with Gasteiger partial charge >= 0.3 is 5.76 Å². The van der Waals surface area contributed by atoms with Crippen LogP contribution in [0.3, 0.4) is 0 Å². The van der Waals surface area contributed by atoms with Crippen molar-refractivity contribution in [3.8, 4) is 0 Å². The Morgan fingerprint density at radius 3 is 2.96 bits per heavy atom. The zero-order valence-corrected chi connectivity index (χ0v) is 14.1. The number of carbonyl (C=O) groups excluding carboxylic acids is 1. The highest BCUT2D eigenvalue weighted by atomic mass is 35.5. The highest BCUT2D eigenvalue weighted by Gasteiger charge is 2.28. The predicted octanol–water partition coefficient (Wildman–Crippen LogP) is 3.19. The molecule has 0 radical (unpaired) electrons. The molecular weight excluding hydrogens is 316 g/mol. The van der Waals surface area contributed by atoms with Crippen molar-refractivity contribution in [1.29, 1.82) is 0 Å². The number of nitrogens with zero attached hydrogens (tertiary/aromatic N) is 1. The molecule has 0 saturated heterocycles. The summed E-state index contributed by atoms with van der Waals surface area (Å²) in [5.41, 5.74) is 0.981. The molecule has 23 heavy (non-hydrogen) atoms. The van der Waals surface area contributed by atoms with Gasteiger partial charge in [0.05, 0.1) is 5.52 Å². The Hall–Kier alpha value is -1.75. The molecule has 0 aliphatic heterocycles. The van der Waals surface area contributed by atoms with Gasteiger partial charge in [-0.1, -0.05) is 38.3 Å². The molecule has 0 unspecified atom stereocenters. The fraction of sp³-hybridized carbons (Fsp3) is 0.529. The first-order valence-electron chi connectivity index (χ1n) is 8.04. The zero-order valence-electron chi connectivity index (χ0n) is 13.3. The van der Waals surface area contributed by atoms with Crippen LogP contribution < -0.4 is 11.1 Å². The van der Waals surface area contributed by atoms with E-state index in [0.717, 1.165) is 12.8 Å². The van der Waals surface area contributed by atoms with Gasteiger partial charge in [0.15, 0.2) is 5.58 Å². The maximum Gasteiger partial charge on any atom is 0.420 e. The van der Waals surface area contributed by atoms with E-state index in [1.54, 1.807) is 18.2 Å². The van der Waals surface area contributed by atoms with Crippen molar-refractivity contribution < 1.29 is 9.21 Å². The molecule has 1 amide bonds. The summed E-state index contributed by atoms with van der Waals surface area (Å²) in [4.78, 5) is 24.3. The van der Waals surface area contributed by atoms with Gasteiger partial charge in [-0.25, -0.2) is 4.79 Å². The summed E-state index contributed by atoms with van der Waals surface area (Å²) >= 11 is 5.89. The van der Waals surface area contributed by atoms with Crippen molar-refractivity contribution in [3.05, 3.63) is 33.8 Å². The summed E-state index contributed by atoms with van der Waals surface area (Å²) in [6, 6.07) is 5.13. The summed E-state index contributed by atoms with van der Waals surface area (Å²) in [6.45, 7) is 4.36. The summed E-state index contributed by atoms with van der Waals surface area (Å²) in [5, 5.41) is 3.57. The Bertz CT molecular complexity index is 780. The van der Waals surface area contributed by atoms with Crippen molar-refractivity contribution >= 4 is 28.6 Å². The number of benzene rings is 1. The normalized spacial score (nSPS) is 24.7. The van der Waals surface area contributed by atoms with E-state index in [1.807, 2.05) is 0 Å². The lowest BCUT2D eigenvalue weighted by Gasteiger charge is -2.34. The Balaban J connectivity index is 1.75. The van der Waals surface area contributed by atoms with Crippen LogP contribution >= 0.6 is 11.6 Å². The lowest BCUT2D eigenvalue weighted by molar-refractivity contribution is -0.123. The molecule has 1 saturated carbocycles. The third-order valence-corrected chi connectivity index (χ3v) is 5.22. The predicted molar refractivity (Wildman–Crippen MR) is 89.6 cm³/mol. The fourth-order valence-corrected chi connectivity index (χ4v) is 3.53. The molecule has 6 heteroatoms. The number of oxazole rings is 1. The minimum atomic E-state index is -0.539. The standard InChI is InChI=1S/C17H21ClN2O3/c1-10-4-3-5-13(11(10)2)19-16(21)9-20-14-7-6-12(18)8-15(14)23-17(20)22/h6-8,10-11,13H,3-5,9H2,1-2H3,(H,19,21)/t10-,11+,13+/m0/s1. The first-order chi connectivity index (χ1) is 11.0. The van der Waals surface area contributed by atoms with E-state index in [1.165, 1.54) is 11.0 Å². The van der Waals surface area contributed by atoms with Crippen molar-refractivity contribution in [2.75, 3.05) is 0 Å². The van der Waals surface area contributed by atoms with Crippen LogP contribution in [0.5, 0.6) is 0 Å². The third-order valence-electron chi connectivity index (χ3n) is 4.99. The Kier molecular flexibility index (Phi) is 4.48. The van der Waals surface area contributed by atoms with E-state index < -0.39 is 5.76 Å². The molecule has 0 spiro atoms. The van der Waals surface area contributed by atoms with E-state index in [2.05, 4.69) is 19.2 Å². The smallest absolute Gasteiger partial charge is 0.408 e. The third kappa shape index (κ3) is 3.29. The average molecular weight is 337 g/mol. The average Bonchev–Trinajstić information content (AvgIpc) is 2.79. The molecule has 5 nitrogen and oxygen atoms in total. The van der Waals surface area contributed by atoms with Gasteiger partial charge in [-0.15, -0.1) is 0 Å². The molecule has 1 aromatic carbocycles. The van der Waals surface area contributed by atoms with Gasteiger partial charge < -0.3 is 9.73 Å². The second-order valence-corrected chi connectivity index (χ2v) is 6.94. The van der Waals surface area contributed by atoms with Crippen molar-refractivity contribution in [3.63, 3.8) is 0 Å². The number of halogens is 1. The molecule has 1 aromatic heterocycles. The summed E-state index contributed by atoms with van der Waals surface area (Å²) in [7, 11) is 0. The monoisotopic (exact) mass is 336 g/mol. The first kappa shape index (κ1) is 16.1. The Morgan fingerprint density at radius 2 is 2.17 bits per heavy atom. The first-order valence-corrected chi connectivity index (χ1v) is 8.42. The molecule has 1 aliphatic carbocycles. The van der Waals surface area contributed by atoms with Crippen molar-refractivity contribution in [1.82, 2.24) is 9.88 Å². The quantitative estimate of drug-likeness (QED) is 0.936. The van der Waals surface area contributed by atoms with Crippen molar-refractivity contribution in [2.45, 2.75) is 45.7 Å². The van der Waals surface area contributed by atoms with E-state index in [9.17, 15) is 9.59 Å². The van der Waals surface area contributed by atoms with Crippen LogP contribution in [0.1, 0.15) is 33.1 Å². The van der Waals surface area contributed by atoms with Gasteiger partial charge in [0.25, 0.3) is 0 Å². The van der Waals surface area contributed by atoms with Crippen LogP contribution in [0.25, 0.3) is 11.1 Å². The minimum Gasteiger partial charge on any atom is -0.408 e. The lowest BCUT2D eigenvalue weighted by Crippen LogP contribution is -2.45. The molecule has 1 heterocycles. The van der Waals surface area contributed by atoms with E-state index in [4.69, 9.17) is 16.0 Å². The number of hydrogen-bond acceptors (Lipinski definition) is 3. The van der Waals surface area contributed by atoms with Crippen LogP contribution in [-0.4, -0.2) is 16.5 Å². The largest absolute Gasteiger partial charge is 0.420 e. The number of fused-ring (bicyclic) bond motifs is 1. The second-order valence-electron chi connectivity index (χ2n) is 6.51. The van der Waals surface area contributed by atoms with Crippen LogP contribution in [-0.2, 0) is 11.3 Å². The fourth-order valence-electron chi connectivity index (χ4n) is 3.37. The number of aromatic nitrogens is 1. The summed E-state index contributed by atoms with van der Waals surface area (Å²) < 4.78 is 6.50. The molecule has 0 bridgehead atoms. The summed E-state index contributed by atoms with van der Waals surface area (Å²) in [5.74, 6) is 0.358. The SMILES string of the molecule is C[C@@H]1[C@@H](C)CCC[C@H]1NC(=O)Cn1c(=O)oc2cc(Cl)ccc21. The number of amides is 1. The van der Waals surface area contributed by atoms with Gasteiger partial charge in [-0.3, -0.25) is 9.36 Å². The molecule has 1 fully saturated rings. The van der Waals surface area contributed by atoms with Gasteiger partial charge in [-0.05, 0) is 30.4 Å². The zero-order chi connectivity index (χ0) is 16.6. The van der Waals surface area contributed by atoms with Gasteiger partial charge in [0, 0.05) is 17.1 Å². The maximum absolute atomic E-state index is 12.4. The topological polar surface area (TPSA) is 64.2 Å². The number of hydrogen-bond donors (Lipinski definition) is 1. The summed E-state index contributed by atoms with van der Waals surface area (Å²) in [6.07, 6.45) is 3.33. The minimum absolute atomic E-state index is 0.0366.